The zero-order valence-corrected chi connectivity index (χ0v) is 15.5. The fraction of sp³-hybridized carbons (Fsp3) is 0.286. The van der Waals surface area contributed by atoms with Gasteiger partial charge >= 0.3 is 0 Å². The van der Waals surface area contributed by atoms with Crippen molar-refractivity contribution in [2.45, 2.75) is 23.5 Å². The van der Waals surface area contributed by atoms with Crippen LogP contribution in [0.2, 0.25) is 0 Å². The number of hydrogen-bond acceptors (Lipinski definition) is 2. The summed E-state index contributed by atoms with van der Waals surface area (Å²) in [5.41, 5.74) is 4.19. The first kappa shape index (κ1) is 17.2. The van der Waals surface area contributed by atoms with E-state index in [9.17, 15) is 9.18 Å². The Balaban J connectivity index is 1.86. The molecule has 1 aromatic heterocycles. The summed E-state index contributed by atoms with van der Waals surface area (Å²) in [7, 11) is 0. The molecule has 0 fully saturated rings. The Hall–Kier alpha value is -2.27. The van der Waals surface area contributed by atoms with Gasteiger partial charge in [0.15, 0.2) is 0 Å². The molecule has 0 radical (unpaired) electrons. The maximum absolute atomic E-state index is 13.3. The van der Waals surface area contributed by atoms with E-state index in [-0.39, 0.29) is 17.7 Å². The number of carbonyl (C=O) groups is 1. The van der Waals surface area contributed by atoms with Gasteiger partial charge in [0, 0.05) is 40.0 Å². The number of rotatable bonds is 5. The van der Waals surface area contributed by atoms with Gasteiger partial charge in [0.05, 0.1) is 5.69 Å². The molecule has 1 aliphatic heterocycles. The number of nitrogens with zero attached hydrogens (tertiary/aromatic N) is 1. The van der Waals surface area contributed by atoms with Crippen LogP contribution in [0.25, 0.3) is 22.2 Å². The first-order valence-corrected chi connectivity index (χ1v) is 9.84. The van der Waals surface area contributed by atoms with Gasteiger partial charge in [-0.3, -0.25) is 4.79 Å². The number of halogens is 1. The van der Waals surface area contributed by atoms with E-state index in [0.29, 0.717) is 6.54 Å². The molecule has 1 unspecified atom stereocenters. The minimum absolute atomic E-state index is 0.00462. The maximum Gasteiger partial charge on any atom is 0.240 e. The largest absolute Gasteiger partial charge is 0.354 e. The number of carbonyl (C=O) groups excluding carboxylic acids is 1. The summed E-state index contributed by atoms with van der Waals surface area (Å²) in [6.07, 6.45) is 0.820. The Labute approximate surface area is 156 Å². The van der Waals surface area contributed by atoms with E-state index in [0.717, 1.165) is 39.0 Å². The van der Waals surface area contributed by atoms with E-state index >= 15 is 0 Å². The van der Waals surface area contributed by atoms with E-state index in [1.54, 1.807) is 16.7 Å². The lowest BCUT2D eigenvalue weighted by atomic mass is 10.0. The van der Waals surface area contributed by atoms with Crippen LogP contribution < -0.4 is 0 Å². The molecule has 26 heavy (non-hydrogen) atoms. The van der Waals surface area contributed by atoms with E-state index in [1.165, 1.54) is 0 Å². The smallest absolute Gasteiger partial charge is 0.240 e. The van der Waals surface area contributed by atoms with Gasteiger partial charge in [-0.2, -0.15) is 0 Å². The number of aromatic nitrogens is 1. The summed E-state index contributed by atoms with van der Waals surface area (Å²) in [6.45, 7) is 2.24. The van der Waals surface area contributed by atoms with Gasteiger partial charge < -0.3 is 9.88 Å². The number of benzene rings is 2. The molecule has 2 aromatic carbocycles. The molecule has 1 atom stereocenters. The van der Waals surface area contributed by atoms with E-state index < -0.39 is 6.67 Å². The number of para-hydroxylation sites is 1. The fourth-order valence-corrected chi connectivity index (χ4v) is 4.97. The van der Waals surface area contributed by atoms with Crippen molar-refractivity contribution in [3.8, 4) is 11.3 Å². The molecule has 0 bridgehead atoms. The van der Waals surface area contributed by atoms with Crippen molar-refractivity contribution in [2.75, 3.05) is 19.8 Å². The van der Waals surface area contributed by atoms with Crippen LogP contribution >= 0.6 is 11.8 Å². The third kappa shape index (κ3) is 2.80. The molecular formula is C21H21FN2OS. The number of thioether (sulfide) groups is 1. The number of nitrogens with one attached hydrogen (secondary N) is 1. The molecule has 1 aliphatic rings. The number of aromatic amines is 1. The summed E-state index contributed by atoms with van der Waals surface area (Å²) in [5.74, 6) is -0.00462. The molecule has 1 N–H and O–H groups in total. The fourth-order valence-electron chi connectivity index (χ4n) is 3.65. The molecular weight excluding hydrogens is 346 g/mol. The second-order valence-corrected chi connectivity index (χ2v) is 7.61. The van der Waals surface area contributed by atoms with Crippen LogP contribution in [0.15, 0.2) is 53.4 Å². The van der Waals surface area contributed by atoms with Gasteiger partial charge in [0.25, 0.3) is 0 Å². The molecule has 0 spiro atoms. The van der Waals surface area contributed by atoms with Gasteiger partial charge in [-0.15, -0.1) is 11.8 Å². The quantitative estimate of drug-likeness (QED) is 0.674. The van der Waals surface area contributed by atoms with E-state index in [2.05, 4.69) is 17.1 Å². The van der Waals surface area contributed by atoms with Crippen molar-refractivity contribution in [1.29, 1.82) is 0 Å². The molecule has 0 aliphatic carbocycles. The van der Waals surface area contributed by atoms with Crippen LogP contribution in [0.4, 0.5) is 4.39 Å². The molecule has 3 nitrogen and oxygen atoms in total. The lowest BCUT2D eigenvalue weighted by Gasteiger charge is -2.29. The number of alkyl halides is 1. The Kier molecular flexibility index (Phi) is 4.72. The molecule has 134 valence electrons. The van der Waals surface area contributed by atoms with Gasteiger partial charge in [-0.1, -0.05) is 43.3 Å². The molecule has 5 heteroatoms. The van der Waals surface area contributed by atoms with Crippen LogP contribution in [0.1, 0.15) is 24.2 Å². The third-order valence-electron chi connectivity index (χ3n) is 4.79. The maximum atomic E-state index is 13.3. The van der Waals surface area contributed by atoms with Crippen molar-refractivity contribution in [3.05, 3.63) is 54.1 Å². The Morgan fingerprint density at radius 2 is 1.92 bits per heavy atom. The van der Waals surface area contributed by atoms with Crippen LogP contribution in [0.5, 0.6) is 0 Å². The van der Waals surface area contributed by atoms with Gasteiger partial charge in [-0.05, 0) is 18.6 Å². The van der Waals surface area contributed by atoms with E-state index in [4.69, 9.17) is 0 Å². The van der Waals surface area contributed by atoms with Crippen LogP contribution in [0.3, 0.4) is 0 Å². The predicted molar refractivity (Wildman–Crippen MR) is 105 cm³/mol. The van der Waals surface area contributed by atoms with Crippen molar-refractivity contribution < 1.29 is 9.18 Å². The normalized spacial score (nSPS) is 15.5. The van der Waals surface area contributed by atoms with Gasteiger partial charge in [0.1, 0.15) is 11.9 Å². The summed E-state index contributed by atoms with van der Waals surface area (Å²) in [6, 6.07) is 16.2. The summed E-state index contributed by atoms with van der Waals surface area (Å²) in [4.78, 5) is 19.6. The molecule has 2 heterocycles. The van der Waals surface area contributed by atoms with Crippen molar-refractivity contribution in [2.24, 2.45) is 0 Å². The van der Waals surface area contributed by atoms with Gasteiger partial charge in [-0.25, -0.2) is 4.39 Å². The van der Waals surface area contributed by atoms with Crippen molar-refractivity contribution in [3.63, 3.8) is 0 Å². The van der Waals surface area contributed by atoms with Crippen molar-refractivity contribution in [1.82, 2.24) is 9.88 Å². The standard InChI is InChI=1S/C21H21FN2OS/c1-2-12-24(13-11-22)21(25)20-18-14-7-3-5-9-16(14)23-19(18)15-8-4-6-10-17(15)26-20/h3-10,20,23H,2,11-13H2,1H3/i22-1. The summed E-state index contributed by atoms with van der Waals surface area (Å²) < 4.78 is 13.0. The second kappa shape index (κ2) is 7.16. The van der Waals surface area contributed by atoms with Crippen LogP contribution in [-0.2, 0) is 4.79 Å². The highest BCUT2D eigenvalue weighted by Gasteiger charge is 2.35. The molecule has 4 rings (SSSR count). The Morgan fingerprint density at radius 1 is 1.15 bits per heavy atom. The van der Waals surface area contributed by atoms with Gasteiger partial charge in [0.2, 0.25) is 5.91 Å². The lowest BCUT2D eigenvalue weighted by molar-refractivity contribution is -0.131. The minimum atomic E-state index is -0.513. The monoisotopic (exact) mass is 367 g/mol. The zero-order valence-electron chi connectivity index (χ0n) is 14.7. The summed E-state index contributed by atoms with van der Waals surface area (Å²) >= 11 is 1.57. The third-order valence-corrected chi connectivity index (χ3v) is 6.08. The number of H-pyrrole nitrogens is 1. The van der Waals surface area contributed by atoms with Crippen LogP contribution in [0, 0.1) is 0 Å². The molecule has 3 aromatic rings. The average molecular weight is 367 g/mol. The first-order valence-electron chi connectivity index (χ1n) is 8.96. The van der Waals surface area contributed by atoms with Crippen LogP contribution in [-0.4, -0.2) is 35.6 Å². The number of hydrogen-bond donors (Lipinski definition) is 1. The lowest BCUT2D eigenvalue weighted by Crippen LogP contribution is -2.37. The average Bonchev–Trinajstić information content (AvgIpc) is 3.06. The highest BCUT2D eigenvalue weighted by atomic mass is 32.2. The highest BCUT2D eigenvalue weighted by Crippen LogP contribution is 2.51. The molecule has 0 saturated heterocycles. The SMILES string of the molecule is CCCN(CC[18F])C(=O)C1Sc2ccccc2-c2[nH]c3ccccc3c21. The zero-order chi connectivity index (χ0) is 18.1. The Bertz CT molecular complexity index is 946. The first-order chi connectivity index (χ1) is 12.7. The molecule has 0 saturated carbocycles. The highest BCUT2D eigenvalue weighted by molar-refractivity contribution is 8.00. The second-order valence-electron chi connectivity index (χ2n) is 6.47. The Morgan fingerprint density at radius 3 is 2.73 bits per heavy atom. The summed E-state index contributed by atoms with van der Waals surface area (Å²) in [5, 5.41) is 0.716. The topological polar surface area (TPSA) is 36.1 Å². The molecule has 1 amide bonds. The predicted octanol–water partition coefficient (Wildman–Crippen LogP) is 5.19. The van der Waals surface area contributed by atoms with E-state index in [1.807, 2.05) is 43.3 Å². The number of fused-ring (bicyclic) bond motifs is 5. The minimum Gasteiger partial charge on any atom is -0.354 e. The number of amides is 1. The van der Waals surface area contributed by atoms with Crippen molar-refractivity contribution >= 4 is 28.6 Å².